The lowest BCUT2D eigenvalue weighted by Crippen LogP contribution is -2.62. The fourth-order valence-corrected chi connectivity index (χ4v) is 2.16. The van der Waals surface area contributed by atoms with Crippen LogP contribution < -0.4 is 5.32 Å². The van der Waals surface area contributed by atoms with Crippen molar-refractivity contribution in [3.05, 3.63) is 23.0 Å². The summed E-state index contributed by atoms with van der Waals surface area (Å²) in [6.45, 7) is -0.0702. The first kappa shape index (κ1) is 21.9. The number of carboxylic acids is 2. The minimum atomic E-state index is -4.86. The summed E-state index contributed by atoms with van der Waals surface area (Å²) in [6, 6.07) is 0. The minimum absolute atomic E-state index is 0.0550. The van der Waals surface area contributed by atoms with Gasteiger partial charge in [-0.1, -0.05) is 0 Å². The second kappa shape index (κ2) is 8.05. The maximum Gasteiger partial charge on any atom is 0.469 e. The highest BCUT2D eigenvalue weighted by molar-refractivity contribution is 7.46. The summed E-state index contributed by atoms with van der Waals surface area (Å²) in [7, 11) is -4.86. The van der Waals surface area contributed by atoms with E-state index in [1.54, 1.807) is 0 Å². The summed E-state index contributed by atoms with van der Waals surface area (Å²) in [5.41, 5.74) is -3.51. The van der Waals surface area contributed by atoms with E-state index in [0.29, 0.717) is 0 Å². The molecular weight excluding hydrogens is 379 g/mol. The molecule has 1 rings (SSSR count). The molecule has 14 heteroatoms. The third kappa shape index (κ3) is 5.19. The largest absolute Gasteiger partial charge is 0.506 e. The number of aliphatic hydroxyl groups is 2. The highest BCUT2D eigenvalue weighted by atomic mass is 31.2. The van der Waals surface area contributed by atoms with Gasteiger partial charge in [-0.25, -0.2) is 14.2 Å². The van der Waals surface area contributed by atoms with E-state index >= 15 is 0 Å². The number of pyridine rings is 1. The Kier molecular flexibility index (Phi) is 6.79. The number of carboxylic acid groups (broad SMARTS) is 2. The Morgan fingerprint density at radius 2 is 1.96 bits per heavy atom. The third-order valence-corrected chi connectivity index (χ3v) is 3.77. The molecule has 1 aromatic heterocycles. The maximum atomic E-state index is 11.1. The zero-order valence-electron chi connectivity index (χ0n) is 13.2. The van der Waals surface area contributed by atoms with E-state index in [0.717, 1.165) is 6.20 Å². The van der Waals surface area contributed by atoms with Gasteiger partial charge < -0.3 is 35.3 Å². The second-order valence-corrected chi connectivity index (χ2v) is 6.37. The van der Waals surface area contributed by atoms with Gasteiger partial charge in [0.05, 0.1) is 12.3 Å². The molecule has 0 fully saturated rings. The van der Waals surface area contributed by atoms with Crippen molar-refractivity contribution in [3.63, 3.8) is 0 Å². The molecule has 0 aliphatic carbocycles. The van der Waals surface area contributed by atoms with Crippen molar-refractivity contribution < 1.29 is 54.0 Å². The van der Waals surface area contributed by atoms with Crippen molar-refractivity contribution in [2.24, 2.45) is 0 Å². The average molecular weight is 396 g/mol. The molecule has 0 unspecified atom stereocenters. The van der Waals surface area contributed by atoms with E-state index in [9.17, 15) is 29.5 Å². The number of hydrogen-bond donors (Lipinski definition) is 8. The normalized spacial score (nSPS) is 15.3. The number of aromatic nitrogens is 1. The molecule has 2 atom stereocenters. The van der Waals surface area contributed by atoms with Crippen molar-refractivity contribution in [1.29, 1.82) is 0 Å². The van der Waals surface area contributed by atoms with E-state index in [1.807, 2.05) is 5.32 Å². The number of aliphatic carboxylic acids is 2. The van der Waals surface area contributed by atoms with Crippen LogP contribution in [0.15, 0.2) is 6.20 Å². The number of aryl methyl sites for hydroxylation is 1. The molecule has 0 aromatic carbocycles. The van der Waals surface area contributed by atoms with E-state index in [1.165, 1.54) is 6.92 Å². The number of hydrogen-bond acceptors (Lipinski definition) is 9. The van der Waals surface area contributed by atoms with Crippen LogP contribution in [0.1, 0.15) is 16.8 Å². The molecule has 13 nitrogen and oxygen atoms in total. The van der Waals surface area contributed by atoms with Gasteiger partial charge in [0.1, 0.15) is 5.75 Å². The first-order valence-electron chi connectivity index (χ1n) is 6.77. The lowest BCUT2D eigenvalue weighted by atomic mass is 10.0. The molecule has 0 amide bonds. The third-order valence-electron chi connectivity index (χ3n) is 3.31. The summed E-state index contributed by atoms with van der Waals surface area (Å²) in [5, 5.41) is 48.9. The Bertz CT molecular complexity index is 749. The second-order valence-electron chi connectivity index (χ2n) is 5.13. The molecule has 8 N–H and O–H groups in total. The van der Waals surface area contributed by atoms with Gasteiger partial charge in [-0.2, -0.15) is 0 Å². The highest BCUT2D eigenvalue weighted by Gasteiger charge is 2.48. The SMILES string of the molecule is Cc1ncc(COP(=O)(O)O)c(CN[C@](O)(C(=O)O)[C@@H](O)C(=O)O)c1O. The van der Waals surface area contributed by atoms with Gasteiger partial charge in [-0.3, -0.25) is 14.8 Å². The molecule has 26 heavy (non-hydrogen) atoms. The van der Waals surface area contributed by atoms with E-state index < -0.39 is 50.5 Å². The maximum absolute atomic E-state index is 11.1. The van der Waals surface area contributed by atoms with Crippen molar-refractivity contribution in [1.82, 2.24) is 10.3 Å². The summed E-state index contributed by atoms with van der Waals surface area (Å²) in [6.07, 6.45) is -1.67. The van der Waals surface area contributed by atoms with Gasteiger partial charge in [0, 0.05) is 23.9 Å². The Morgan fingerprint density at radius 1 is 1.38 bits per heavy atom. The van der Waals surface area contributed by atoms with Crippen molar-refractivity contribution in [3.8, 4) is 5.75 Å². The van der Waals surface area contributed by atoms with Gasteiger partial charge in [-0.05, 0) is 6.92 Å². The van der Waals surface area contributed by atoms with Crippen LogP contribution in [0.5, 0.6) is 5.75 Å². The molecule has 0 radical (unpaired) electrons. The molecule has 146 valence electrons. The Morgan fingerprint density at radius 3 is 2.42 bits per heavy atom. The summed E-state index contributed by atoms with van der Waals surface area (Å²) in [4.78, 5) is 43.1. The first-order chi connectivity index (χ1) is 11.8. The van der Waals surface area contributed by atoms with Gasteiger partial charge >= 0.3 is 19.8 Å². The smallest absolute Gasteiger partial charge is 0.469 e. The summed E-state index contributed by atoms with van der Waals surface area (Å²) >= 11 is 0. The predicted octanol–water partition coefficient (Wildman–Crippen LogP) is -1.99. The van der Waals surface area contributed by atoms with Crippen LogP contribution in [-0.4, -0.2) is 64.1 Å². The minimum Gasteiger partial charge on any atom is -0.506 e. The number of nitrogens with one attached hydrogen (secondary N) is 1. The molecule has 0 saturated heterocycles. The van der Waals surface area contributed by atoms with Crippen LogP contribution in [0.2, 0.25) is 0 Å². The molecule has 1 aromatic rings. The van der Waals surface area contributed by atoms with Crippen molar-refractivity contribution >= 4 is 19.8 Å². The van der Waals surface area contributed by atoms with Gasteiger partial charge in [-0.15, -0.1) is 0 Å². The first-order valence-corrected chi connectivity index (χ1v) is 8.30. The van der Waals surface area contributed by atoms with E-state index in [4.69, 9.17) is 20.0 Å². The Balaban J connectivity index is 3.18. The number of phosphoric acid groups is 1. The molecule has 0 spiro atoms. The number of rotatable bonds is 9. The zero-order valence-corrected chi connectivity index (χ0v) is 14.1. The average Bonchev–Trinajstić information content (AvgIpc) is 2.52. The monoisotopic (exact) mass is 396 g/mol. The van der Waals surface area contributed by atoms with Gasteiger partial charge in [0.2, 0.25) is 6.10 Å². The number of aromatic hydroxyl groups is 1. The molecule has 0 aliphatic heterocycles. The lowest BCUT2D eigenvalue weighted by molar-refractivity contribution is -0.189. The van der Waals surface area contributed by atoms with Crippen molar-refractivity contribution in [2.45, 2.75) is 31.9 Å². The van der Waals surface area contributed by atoms with Crippen LogP contribution in [0.3, 0.4) is 0 Å². The Hall–Kier alpha value is -2.12. The standard InChI is InChI=1S/C12H17N2O11P/c1-5-8(15)7(6(2-13-5)4-25-26(22,23)24)3-14-12(21,11(19)20)9(16)10(17)18/h2,9,14-16,21H,3-4H2,1H3,(H,17,18)(H,19,20)(H2,22,23,24)/t9-,12+/m0/s1. The topological polar surface area (TPSA) is 227 Å². The Labute approximate surface area is 145 Å². The molecule has 1 heterocycles. The lowest BCUT2D eigenvalue weighted by Gasteiger charge is -2.27. The van der Waals surface area contributed by atoms with E-state index in [-0.39, 0.29) is 16.8 Å². The fraction of sp³-hybridized carbons (Fsp3) is 0.417. The molecule has 0 aliphatic rings. The van der Waals surface area contributed by atoms with Crippen LogP contribution in [0, 0.1) is 6.92 Å². The summed E-state index contributed by atoms with van der Waals surface area (Å²) < 4.78 is 15.1. The van der Waals surface area contributed by atoms with Crippen LogP contribution in [0.25, 0.3) is 0 Å². The number of aliphatic hydroxyl groups excluding tert-OH is 1. The predicted molar refractivity (Wildman–Crippen MR) is 80.5 cm³/mol. The number of carbonyl (C=O) groups is 2. The molecule has 0 saturated carbocycles. The highest BCUT2D eigenvalue weighted by Crippen LogP contribution is 2.38. The van der Waals surface area contributed by atoms with Crippen LogP contribution in [-0.2, 0) is 31.8 Å². The summed E-state index contributed by atoms with van der Waals surface area (Å²) in [5.74, 6) is -4.64. The zero-order chi connectivity index (χ0) is 20.3. The van der Waals surface area contributed by atoms with E-state index in [2.05, 4.69) is 9.51 Å². The molecular formula is C12H17N2O11P. The fourth-order valence-electron chi connectivity index (χ4n) is 1.85. The molecule has 0 bridgehead atoms. The number of phosphoric ester groups is 1. The van der Waals surface area contributed by atoms with Crippen LogP contribution in [0.4, 0.5) is 0 Å². The van der Waals surface area contributed by atoms with Gasteiger partial charge in [0.15, 0.2) is 0 Å². The quantitative estimate of drug-likeness (QED) is 0.167. The van der Waals surface area contributed by atoms with Crippen molar-refractivity contribution in [2.75, 3.05) is 0 Å². The van der Waals surface area contributed by atoms with Gasteiger partial charge in [0.25, 0.3) is 5.72 Å². The number of nitrogens with zero attached hydrogens (tertiary/aromatic N) is 1. The van der Waals surface area contributed by atoms with Crippen LogP contribution >= 0.6 is 7.82 Å².